The Morgan fingerprint density at radius 3 is 2.62 bits per heavy atom. The molecule has 2 rings (SSSR count). The fourth-order valence-electron chi connectivity index (χ4n) is 2.12. The summed E-state index contributed by atoms with van der Waals surface area (Å²) in [5.74, 6) is -1.45. The Morgan fingerprint density at radius 1 is 1.17 bits per heavy atom. The van der Waals surface area contributed by atoms with Gasteiger partial charge in [0.15, 0.2) is 0 Å². The van der Waals surface area contributed by atoms with E-state index in [1.54, 1.807) is 6.07 Å². The summed E-state index contributed by atoms with van der Waals surface area (Å²) >= 11 is 7.72. The summed E-state index contributed by atoms with van der Waals surface area (Å²) in [4.78, 5) is 27.0. The van der Waals surface area contributed by atoms with Crippen molar-refractivity contribution < 1.29 is 14.3 Å². The lowest BCUT2D eigenvalue weighted by atomic mass is 10.2. The molecule has 0 unspecified atom stereocenters. The van der Waals surface area contributed by atoms with Gasteiger partial charge in [0.05, 0.1) is 13.2 Å². The molecule has 1 amide bonds. The molecule has 0 spiro atoms. The Hall–Kier alpha value is -1.85. The van der Waals surface area contributed by atoms with Crippen LogP contribution in [0, 0.1) is 0 Å². The Labute approximate surface area is 151 Å². The molecule has 6 heteroatoms. The lowest BCUT2D eigenvalue weighted by Crippen LogP contribution is -2.36. The average Bonchev–Trinajstić information content (AvgIpc) is 3.08. The number of benzene rings is 1. The van der Waals surface area contributed by atoms with Crippen molar-refractivity contribution in [2.24, 2.45) is 0 Å². The minimum atomic E-state index is -0.813. The Kier molecular flexibility index (Phi) is 7.28. The first-order valence-corrected chi connectivity index (χ1v) is 9.09. The maximum atomic E-state index is 12.5. The maximum Gasteiger partial charge on any atom is 0.397 e. The predicted octanol–water partition coefficient (Wildman–Crippen LogP) is 4.27. The van der Waals surface area contributed by atoms with E-state index in [2.05, 4.69) is 0 Å². The quantitative estimate of drug-likeness (QED) is 0.418. The smallest absolute Gasteiger partial charge is 0.397 e. The maximum absolute atomic E-state index is 12.5. The van der Waals surface area contributed by atoms with Crippen molar-refractivity contribution in [1.29, 1.82) is 0 Å². The second kappa shape index (κ2) is 9.45. The Morgan fingerprint density at radius 2 is 1.96 bits per heavy atom. The van der Waals surface area contributed by atoms with Crippen LogP contribution in [0.25, 0.3) is 0 Å². The molecule has 1 heterocycles. The van der Waals surface area contributed by atoms with Crippen molar-refractivity contribution in [1.82, 2.24) is 4.90 Å². The lowest BCUT2D eigenvalue weighted by Gasteiger charge is -2.21. The average molecular weight is 366 g/mol. The molecule has 0 atom stereocenters. The Bertz CT molecular complexity index is 673. The van der Waals surface area contributed by atoms with E-state index in [9.17, 15) is 9.59 Å². The molecule has 1 aromatic heterocycles. The zero-order valence-corrected chi connectivity index (χ0v) is 15.1. The third-order valence-electron chi connectivity index (χ3n) is 3.44. The van der Waals surface area contributed by atoms with Gasteiger partial charge in [-0.25, -0.2) is 4.79 Å². The van der Waals surface area contributed by atoms with Gasteiger partial charge >= 0.3 is 11.9 Å². The van der Waals surface area contributed by atoms with Gasteiger partial charge in [0.25, 0.3) is 0 Å². The number of hydrogen-bond donors (Lipinski definition) is 0. The van der Waals surface area contributed by atoms with Gasteiger partial charge < -0.3 is 9.64 Å². The van der Waals surface area contributed by atoms with E-state index in [-0.39, 0.29) is 13.2 Å². The highest BCUT2D eigenvalue weighted by molar-refractivity contribution is 7.09. The van der Waals surface area contributed by atoms with E-state index < -0.39 is 11.9 Å². The van der Waals surface area contributed by atoms with Gasteiger partial charge in [-0.1, -0.05) is 49.2 Å². The Balaban J connectivity index is 2.11. The minimum Gasteiger partial charge on any atom is -0.459 e. The highest BCUT2D eigenvalue weighted by Gasteiger charge is 2.24. The molecule has 0 fully saturated rings. The van der Waals surface area contributed by atoms with Gasteiger partial charge in [0.2, 0.25) is 0 Å². The van der Waals surface area contributed by atoms with Crippen LogP contribution in [-0.4, -0.2) is 23.4 Å². The van der Waals surface area contributed by atoms with Crippen molar-refractivity contribution in [3.63, 3.8) is 0 Å². The number of nitrogens with zero attached hydrogens (tertiary/aromatic N) is 1. The molecule has 0 radical (unpaired) electrons. The highest BCUT2D eigenvalue weighted by Crippen LogP contribution is 2.20. The monoisotopic (exact) mass is 365 g/mol. The van der Waals surface area contributed by atoms with Crippen LogP contribution in [-0.2, 0) is 27.4 Å². The fourth-order valence-corrected chi connectivity index (χ4v) is 3.04. The van der Waals surface area contributed by atoms with E-state index >= 15 is 0 Å². The summed E-state index contributed by atoms with van der Waals surface area (Å²) in [7, 11) is 0. The van der Waals surface area contributed by atoms with Crippen molar-refractivity contribution in [3.05, 3.63) is 57.2 Å². The molecule has 0 bridgehead atoms. The third-order valence-corrected chi connectivity index (χ3v) is 4.67. The summed E-state index contributed by atoms with van der Waals surface area (Å²) < 4.78 is 5.05. The van der Waals surface area contributed by atoms with E-state index in [1.165, 1.54) is 16.2 Å². The molecule has 0 aliphatic rings. The normalized spacial score (nSPS) is 10.4. The van der Waals surface area contributed by atoms with Crippen LogP contribution in [0.2, 0.25) is 5.02 Å². The molecule has 0 saturated carbocycles. The number of halogens is 1. The highest BCUT2D eigenvalue weighted by atomic mass is 35.5. The van der Waals surface area contributed by atoms with Crippen LogP contribution in [0.5, 0.6) is 0 Å². The second-order valence-electron chi connectivity index (χ2n) is 5.32. The summed E-state index contributed by atoms with van der Waals surface area (Å²) in [5.41, 5.74) is 0.797. The van der Waals surface area contributed by atoms with Gasteiger partial charge in [-0.05, 0) is 29.5 Å². The number of ether oxygens (including phenoxy) is 1. The first kappa shape index (κ1) is 18.5. The van der Waals surface area contributed by atoms with Gasteiger partial charge in [0.1, 0.15) is 0 Å². The number of carbonyl (C=O) groups is 2. The zero-order chi connectivity index (χ0) is 17.4. The molecule has 0 N–H and O–H groups in total. The van der Waals surface area contributed by atoms with Crippen LogP contribution in [0.3, 0.4) is 0 Å². The molecular weight excluding hydrogens is 346 g/mol. The number of thiophene rings is 1. The first-order chi connectivity index (χ1) is 11.6. The molecule has 2 aromatic rings. The summed E-state index contributed by atoms with van der Waals surface area (Å²) in [6, 6.07) is 11.1. The summed E-state index contributed by atoms with van der Waals surface area (Å²) in [5, 5.41) is 2.51. The van der Waals surface area contributed by atoms with Crippen LogP contribution in [0.1, 0.15) is 30.2 Å². The van der Waals surface area contributed by atoms with Crippen LogP contribution in [0.15, 0.2) is 41.8 Å². The molecule has 128 valence electrons. The molecular formula is C18H20ClNO3S. The standard InChI is InChI=1S/C18H20ClNO3S/c1-2-3-10-23-18(22)17(21)20(13-15-8-6-11-24-15)12-14-7-4-5-9-16(14)19/h4-9,11H,2-3,10,12-13H2,1H3. The summed E-state index contributed by atoms with van der Waals surface area (Å²) in [6.07, 6.45) is 1.65. The van der Waals surface area contributed by atoms with Gasteiger partial charge in [-0.15, -0.1) is 11.3 Å². The first-order valence-electron chi connectivity index (χ1n) is 7.83. The number of unbranched alkanes of at least 4 members (excludes halogenated alkanes) is 1. The predicted molar refractivity (Wildman–Crippen MR) is 95.9 cm³/mol. The molecule has 0 saturated heterocycles. The van der Waals surface area contributed by atoms with Gasteiger partial charge in [0, 0.05) is 16.4 Å². The van der Waals surface area contributed by atoms with E-state index in [1.807, 2.05) is 42.6 Å². The second-order valence-corrected chi connectivity index (χ2v) is 6.76. The molecule has 0 aliphatic carbocycles. The van der Waals surface area contributed by atoms with E-state index in [0.717, 1.165) is 23.3 Å². The number of hydrogen-bond acceptors (Lipinski definition) is 4. The minimum absolute atomic E-state index is 0.263. The van der Waals surface area contributed by atoms with Crippen LogP contribution in [0.4, 0.5) is 0 Å². The molecule has 1 aromatic carbocycles. The number of esters is 1. The SMILES string of the molecule is CCCCOC(=O)C(=O)N(Cc1cccs1)Cc1ccccc1Cl. The van der Waals surface area contributed by atoms with Crippen molar-refractivity contribution in [3.8, 4) is 0 Å². The van der Waals surface area contributed by atoms with Crippen molar-refractivity contribution in [2.75, 3.05) is 6.61 Å². The summed E-state index contributed by atoms with van der Waals surface area (Å²) in [6.45, 7) is 2.88. The molecule has 0 aliphatic heterocycles. The molecule has 24 heavy (non-hydrogen) atoms. The number of rotatable bonds is 7. The topological polar surface area (TPSA) is 46.6 Å². The zero-order valence-electron chi connectivity index (χ0n) is 13.5. The largest absolute Gasteiger partial charge is 0.459 e. The molecule has 4 nitrogen and oxygen atoms in total. The van der Waals surface area contributed by atoms with Crippen molar-refractivity contribution in [2.45, 2.75) is 32.9 Å². The van der Waals surface area contributed by atoms with Gasteiger partial charge in [-0.3, -0.25) is 4.79 Å². The van der Waals surface area contributed by atoms with Crippen molar-refractivity contribution >= 4 is 34.8 Å². The van der Waals surface area contributed by atoms with Gasteiger partial charge in [-0.2, -0.15) is 0 Å². The van der Waals surface area contributed by atoms with E-state index in [4.69, 9.17) is 16.3 Å². The number of amides is 1. The number of carbonyl (C=O) groups excluding carboxylic acids is 2. The van der Waals surface area contributed by atoms with E-state index in [0.29, 0.717) is 11.6 Å². The fraction of sp³-hybridized carbons (Fsp3) is 0.333. The van der Waals surface area contributed by atoms with Crippen LogP contribution >= 0.6 is 22.9 Å². The van der Waals surface area contributed by atoms with Crippen LogP contribution < -0.4 is 0 Å². The third kappa shape index (κ3) is 5.35. The lowest BCUT2D eigenvalue weighted by molar-refractivity contribution is -0.160.